The first-order chi connectivity index (χ1) is 11.7. The van der Waals surface area contributed by atoms with Gasteiger partial charge in [-0.2, -0.15) is 0 Å². The number of hydrogen-bond acceptors (Lipinski definition) is 3. The van der Waals surface area contributed by atoms with E-state index in [0.29, 0.717) is 5.92 Å². The summed E-state index contributed by atoms with van der Waals surface area (Å²) in [5.41, 5.74) is 0.495. The van der Waals surface area contributed by atoms with E-state index in [1.54, 1.807) is 0 Å². The normalized spacial score (nSPS) is 31.4. The number of rotatable bonds is 5. The molecule has 1 saturated carbocycles. The summed E-state index contributed by atoms with van der Waals surface area (Å²) in [6.07, 6.45) is 8.49. The molecule has 4 rings (SSSR count). The Hall–Kier alpha value is -0.900. The fraction of sp³-hybridized carbons (Fsp3) is 0.714. The van der Waals surface area contributed by atoms with E-state index < -0.39 is 5.60 Å². The van der Waals surface area contributed by atoms with Gasteiger partial charge in [0.1, 0.15) is 0 Å². The van der Waals surface area contributed by atoms with Crippen LogP contribution in [0.4, 0.5) is 0 Å². The van der Waals surface area contributed by atoms with Gasteiger partial charge in [0.2, 0.25) is 0 Å². The number of likely N-dealkylation sites (tertiary alicyclic amines) is 1. The smallest absolute Gasteiger partial charge is 0.0936 e. The van der Waals surface area contributed by atoms with Gasteiger partial charge in [0.05, 0.1) is 5.60 Å². The van der Waals surface area contributed by atoms with Crippen LogP contribution in [0.5, 0.6) is 0 Å². The van der Waals surface area contributed by atoms with Gasteiger partial charge < -0.3 is 10.0 Å². The van der Waals surface area contributed by atoms with Crippen molar-refractivity contribution >= 4 is 0 Å². The molecular formula is C21H32N2O. The maximum atomic E-state index is 11.7. The molecule has 1 aromatic carbocycles. The summed E-state index contributed by atoms with van der Waals surface area (Å²) >= 11 is 0. The van der Waals surface area contributed by atoms with Crippen LogP contribution in [0.3, 0.4) is 0 Å². The Morgan fingerprint density at radius 2 is 1.62 bits per heavy atom. The summed E-state index contributed by atoms with van der Waals surface area (Å²) < 4.78 is 0. The van der Waals surface area contributed by atoms with E-state index in [1.807, 2.05) is 0 Å². The van der Waals surface area contributed by atoms with Crippen LogP contribution >= 0.6 is 0 Å². The summed E-state index contributed by atoms with van der Waals surface area (Å²) in [6, 6.07) is 11.9. The Morgan fingerprint density at radius 1 is 1.00 bits per heavy atom. The topological polar surface area (TPSA) is 26.7 Å². The molecule has 3 nitrogen and oxygen atoms in total. The third-order valence-electron chi connectivity index (χ3n) is 7.04. The van der Waals surface area contributed by atoms with Crippen molar-refractivity contribution < 1.29 is 5.11 Å². The molecule has 24 heavy (non-hydrogen) atoms. The van der Waals surface area contributed by atoms with Gasteiger partial charge in [-0.05, 0) is 50.6 Å². The second kappa shape index (κ2) is 6.78. The minimum Gasteiger partial charge on any atom is -0.385 e. The minimum atomic E-state index is -0.639. The van der Waals surface area contributed by atoms with Crippen molar-refractivity contribution in [2.24, 2.45) is 5.92 Å². The number of benzene rings is 1. The van der Waals surface area contributed by atoms with E-state index in [9.17, 15) is 5.11 Å². The lowest BCUT2D eigenvalue weighted by Crippen LogP contribution is -2.52. The van der Waals surface area contributed by atoms with Crippen molar-refractivity contribution in [1.82, 2.24) is 9.80 Å². The quantitative estimate of drug-likeness (QED) is 0.899. The highest BCUT2D eigenvalue weighted by Gasteiger charge is 2.42. The number of hydrogen-bond donors (Lipinski definition) is 1. The molecule has 3 fully saturated rings. The Labute approximate surface area is 146 Å². The van der Waals surface area contributed by atoms with Crippen molar-refractivity contribution in [1.29, 1.82) is 0 Å². The second-order valence-corrected chi connectivity index (χ2v) is 8.33. The molecule has 132 valence electrons. The molecule has 2 aliphatic heterocycles. The van der Waals surface area contributed by atoms with Crippen LogP contribution in [0.1, 0.15) is 50.5 Å². The lowest BCUT2D eigenvalue weighted by molar-refractivity contribution is -0.0417. The van der Waals surface area contributed by atoms with Crippen molar-refractivity contribution in [3.8, 4) is 0 Å². The molecule has 3 unspecified atom stereocenters. The molecule has 1 N–H and O–H groups in total. The van der Waals surface area contributed by atoms with Crippen molar-refractivity contribution in [2.75, 3.05) is 26.7 Å². The Morgan fingerprint density at radius 3 is 2.25 bits per heavy atom. The van der Waals surface area contributed by atoms with Crippen LogP contribution in [-0.2, 0) is 5.60 Å². The van der Waals surface area contributed by atoms with E-state index in [2.05, 4.69) is 47.2 Å². The molecule has 1 aromatic rings. The first-order valence-electron chi connectivity index (χ1n) is 9.89. The monoisotopic (exact) mass is 328 g/mol. The summed E-state index contributed by atoms with van der Waals surface area (Å²) in [5, 5.41) is 11.7. The van der Waals surface area contributed by atoms with Gasteiger partial charge >= 0.3 is 0 Å². The zero-order valence-electron chi connectivity index (χ0n) is 15.0. The van der Waals surface area contributed by atoms with Gasteiger partial charge in [-0.1, -0.05) is 43.2 Å². The van der Waals surface area contributed by atoms with Gasteiger partial charge in [-0.3, -0.25) is 4.90 Å². The fourth-order valence-corrected chi connectivity index (χ4v) is 5.43. The summed E-state index contributed by atoms with van der Waals surface area (Å²) in [7, 11) is 2.29. The molecule has 2 bridgehead atoms. The van der Waals surface area contributed by atoms with E-state index in [1.165, 1.54) is 51.6 Å². The SMILES string of the molecule is CN1C2CCC1CN(CCC(O)(c1ccccc1)C1CCCC1)C2. The molecule has 1 aliphatic carbocycles. The van der Waals surface area contributed by atoms with Gasteiger partial charge in [-0.25, -0.2) is 0 Å². The summed E-state index contributed by atoms with van der Waals surface area (Å²) in [5.74, 6) is 0.434. The van der Waals surface area contributed by atoms with Gasteiger partial charge in [0.15, 0.2) is 0 Å². The molecule has 0 aromatic heterocycles. The first kappa shape index (κ1) is 16.6. The summed E-state index contributed by atoms with van der Waals surface area (Å²) in [4.78, 5) is 5.20. The highest BCUT2D eigenvalue weighted by atomic mass is 16.3. The predicted molar refractivity (Wildman–Crippen MR) is 97.9 cm³/mol. The third-order valence-corrected chi connectivity index (χ3v) is 7.04. The lowest BCUT2D eigenvalue weighted by atomic mass is 9.77. The number of fused-ring (bicyclic) bond motifs is 2. The lowest BCUT2D eigenvalue weighted by Gasteiger charge is -2.41. The molecule has 0 radical (unpaired) electrons. The number of piperazine rings is 1. The van der Waals surface area contributed by atoms with Crippen LogP contribution in [0.25, 0.3) is 0 Å². The Bertz CT molecular complexity index is 528. The van der Waals surface area contributed by atoms with Crippen LogP contribution in [0.15, 0.2) is 30.3 Å². The molecule has 0 amide bonds. The Kier molecular flexibility index (Phi) is 4.68. The van der Waals surface area contributed by atoms with Gasteiger partial charge in [-0.15, -0.1) is 0 Å². The minimum absolute atomic E-state index is 0.434. The zero-order chi connectivity index (χ0) is 16.6. The Balaban J connectivity index is 1.47. The molecule has 2 saturated heterocycles. The second-order valence-electron chi connectivity index (χ2n) is 8.33. The highest BCUT2D eigenvalue weighted by Crippen LogP contribution is 2.43. The predicted octanol–water partition coefficient (Wildman–Crippen LogP) is 3.23. The highest BCUT2D eigenvalue weighted by molar-refractivity contribution is 5.24. The van der Waals surface area contributed by atoms with Crippen molar-refractivity contribution in [3.05, 3.63) is 35.9 Å². The first-order valence-corrected chi connectivity index (χ1v) is 9.89. The third kappa shape index (κ3) is 3.02. The maximum Gasteiger partial charge on any atom is 0.0936 e. The maximum absolute atomic E-state index is 11.7. The summed E-state index contributed by atoms with van der Waals surface area (Å²) in [6.45, 7) is 3.40. The molecule has 2 heterocycles. The van der Waals surface area contributed by atoms with E-state index in [0.717, 1.165) is 30.6 Å². The number of aliphatic hydroxyl groups is 1. The van der Waals surface area contributed by atoms with E-state index in [-0.39, 0.29) is 0 Å². The molecule has 0 spiro atoms. The van der Waals surface area contributed by atoms with Crippen LogP contribution in [0.2, 0.25) is 0 Å². The fourth-order valence-electron chi connectivity index (χ4n) is 5.43. The number of nitrogens with zero attached hydrogens (tertiary/aromatic N) is 2. The van der Waals surface area contributed by atoms with E-state index >= 15 is 0 Å². The van der Waals surface area contributed by atoms with Crippen molar-refractivity contribution in [3.63, 3.8) is 0 Å². The molecule has 3 heteroatoms. The average molecular weight is 329 g/mol. The number of likely N-dealkylation sites (N-methyl/N-ethyl adjacent to an activating group) is 1. The van der Waals surface area contributed by atoms with Crippen LogP contribution in [0, 0.1) is 5.92 Å². The largest absolute Gasteiger partial charge is 0.385 e. The van der Waals surface area contributed by atoms with Gasteiger partial charge in [0, 0.05) is 31.7 Å². The van der Waals surface area contributed by atoms with Gasteiger partial charge in [0.25, 0.3) is 0 Å². The molecular weight excluding hydrogens is 296 g/mol. The van der Waals surface area contributed by atoms with Crippen LogP contribution in [-0.4, -0.2) is 53.7 Å². The molecule has 3 atom stereocenters. The molecule has 3 aliphatic rings. The van der Waals surface area contributed by atoms with E-state index in [4.69, 9.17) is 0 Å². The average Bonchev–Trinajstić information content (AvgIpc) is 3.21. The zero-order valence-corrected chi connectivity index (χ0v) is 15.0. The van der Waals surface area contributed by atoms with Crippen LogP contribution < -0.4 is 0 Å². The van der Waals surface area contributed by atoms with Crippen molar-refractivity contribution in [2.45, 2.75) is 62.6 Å². The standard InChI is InChI=1S/C21H32N2O/c1-22-19-11-12-20(22)16-23(15-19)14-13-21(24,18-9-5-6-10-18)17-7-3-2-4-8-17/h2-4,7-8,18-20,24H,5-6,9-16H2,1H3.